The van der Waals surface area contributed by atoms with E-state index >= 15 is 0 Å². The molecule has 0 saturated heterocycles. The van der Waals surface area contributed by atoms with E-state index in [0.717, 1.165) is 23.6 Å². The maximum Gasteiger partial charge on any atom is 0.433 e. The number of carbonyl (C=O) groups excluding carboxylic acids is 2. The molecule has 0 spiro atoms. The lowest BCUT2D eigenvalue weighted by Crippen LogP contribution is -2.22. The van der Waals surface area contributed by atoms with Crippen molar-refractivity contribution in [2.75, 3.05) is 5.32 Å². The molecule has 0 unspecified atom stereocenters. The molecular formula is C24H18F5N5O2S. The predicted molar refractivity (Wildman–Crippen MR) is 126 cm³/mol. The number of aromatic nitrogens is 3. The quantitative estimate of drug-likeness (QED) is 0.295. The van der Waals surface area contributed by atoms with E-state index in [1.54, 1.807) is 30.3 Å². The molecule has 1 aromatic carbocycles. The zero-order valence-electron chi connectivity index (χ0n) is 18.9. The van der Waals surface area contributed by atoms with Crippen LogP contribution in [-0.2, 0) is 17.5 Å². The fraction of sp³-hybridized carbons (Fsp3) is 0.250. The number of hydrogen-bond donors (Lipinski definition) is 2. The summed E-state index contributed by atoms with van der Waals surface area (Å²) in [6.45, 7) is -0.601. The van der Waals surface area contributed by atoms with Gasteiger partial charge in [0.25, 0.3) is 12.3 Å². The molecule has 3 heterocycles. The number of halogens is 5. The molecule has 2 amide bonds. The first-order valence-electron chi connectivity index (χ1n) is 11.1. The Labute approximate surface area is 210 Å². The van der Waals surface area contributed by atoms with E-state index in [2.05, 4.69) is 15.4 Å². The normalized spacial score (nSPS) is 13.9. The summed E-state index contributed by atoms with van der Waals surface area (Å²) in [5.41, 5.74) is 4.66. The van der Waals surface area contributed by atoms with Crippen molar-refractivity contribution in [3.63, 3.8) is 0 Å². The first-order valence-corrected chi connectivity index (χ1v) is 11.9. The number of nitrogens with one attached hydrogen (secondary N) is 1. The topological polar surface area (TPSA) is 103 Å². The Morgan fingerprint density at radius 3 is 2.46 bits per heavy atom. The van der Waals surface area contributed by atoms with Gasteiger partial charge in [-0.15, -0.1) is 11.3 Å². The van der Waals surface area contributed by atoms with Crippen molar-refractivity contribution in [3.8, 4) is 11.1 Å². The number of nitrogens with two attached hydrogens (primary N) is 1. The molecule has 0 aliphatic heterocycles. The highest BCUT2D eigenvalue weighted by molar-refractivity contribution is 7.21. The molecule has 1 saturated carbocycles. The van der Waals surface area contributed by atoms with Crippen molar-refractivity contribution in [2.24, 2.45) is 5.73 Å². The largest absolute Gasteiger partial charge is 0.433 e. The second-order valence-electron chi connectivity index (χ2n) is 8.54. The lowest BCUT2D eigenvalue weighted by Gasteiger charge is -2.13. The van der Waals surface area contributed by atoms with Gasteiger partial charge in [0.15, 0.2) is 0 Å². The molecule has 1 fully saturated rings. The number of amides is 2. The minimum Gasteiger partial charge on any atom is -0.365 e. The van der Waals surface area contributed by atoms with Gasteiger partial charge < -0.3 is 11.1 Å². The van der Waals surface area contributed by atoms with Crippen LogP contribution in [0.2, 0.25) is 0 Å². The smallest absolute Gasteiger partial charge is 0.365 e. The van der Waals surface area contributed by atoms with Crippen LogP contribution >= 0.6 is 11.3 Å². The molecule has 1 aliphatic carbocycles. The number of alkyl halides is 5. The highest BCUT2D eigenvalue weighted by atomic mass is 32.1. The van der Waals surface area contributed by atoms with E-state index in [9.17, 15) is 31.5 Å². The Bertz CT molecular complexity index is 1510. The van der Waals surface area contributed by atoms with Crippen LogP contribution in [-0.4, -0.2) is 26.6 Å². The van der Waals surface area contributed by atoms with Crippen LogP contribution in [0.3, 0.4) is 0 Å². The van der Waals surface area contributed by atoms with E-state index in [-0.39, 0.29) is 32.3 Å². The second kappa shape index (κ2) is 9.21. The Morgan fingerprint density at radius 1 is 1.16 bits per heavy atom. The van der Waals surface area contributed by atoms with Crippen LogP contribution in [0.15, 0.2) is 42.5 Å². The first-order chi connectivity index (χ1) is 17.5. The molecule has 3 N–H and O–H groups in total. The van der Waals surface area contributed by atoms with E-state index in [0.29, 0.717) is 22.6 Å². The van der Waals surface area contributed by atoms with Gasteiger partial charge in [-0.1, -0.05) is 30.3 Å². The molecule has 0 bridgehead atoms. The number of rotatable bonds is 7. The van der Waals surface area contributed by atoms with Gasteiger partial charge in [0.1, 0.15) is 27.6 Å². The molecule has 3 aromatic heterocycles. The van der Waals surface area contributed by atoms with Crippen LogP contribution in [0.25, 0.3) is 21.3 Å². The minimum atomic E-state index is -4.77. The van der Waals surface area contributed by atoms with Gasteiger partial charge in [-0.05, 0) is 36.1 Å². The number of fused-ring (bicyclic) bond motifs is 1. The number of hydrogen-bond acceptors (Lipinski definition) is 5. The number of carbonyl (C=O) groups is 2. The van der Waals surface area contributed by atoms with Crippen molar-refractivity contribution >= 4 is 39.1 Å². The molecule has 0 atom stereocenters. The Morgan fingerprint density at radius 2 is 1.86 bits per heavy atom. The second-order valence-corrected chi connectivity index (χ2v) is 9.54. The van der Waals surface area contributed by atoms with E-state index in [1.165, 1.54) is 6.07 Å². The van der Waals surface area contributed by atoms with Crippen molar-refractivity contribution in [2.45, 2.75) is 37.9 Å². The monoisotopic (exact) mass is 535 g/mol. The van der Waals surface area contributed by atoms with Crippen LogP contribution < -0.4 is 11.1 Å². The molecule has 4 aromatic rings. The first kappa shape index (κ1) is 24.8. The van der Waals surface area contributed by atoms with Gasteiger partial charge in [0, 0.05) is 11.3 Å². The fourth-order valence-corrected chi connectivity index (χ4v) is 5.04. The maximum atomic E-state index is 13.6. The van der Waals surface area contributed by atoms with Gasteiger partial charge in [0.2, 0.25) is 5.91 Å². The summed E-state index contributed by atoms with van der Waals surface area (Å²) in [5.74, 6) is -1.73. The standard InChI is InChI=1S/C24H18F5N5O2S/c25-21(26)15-9-14(12-6-7-12)33-34(15)10-17(35)32-19-18-13(11-4-2-1-3-5-11)8-16(24(27,28)29)31-23(18)37-20(19)22(30)36/h1-5,8-9,12,21H,6-7,10H2,(H2,30,36)(H,32,35). The fourth-order valence-electron chi connectivity index (χ4n) is 4.03. The molecule has 1 aliphatic rings. The zero-order chi connectivity index (χ0) is 26.5. The summed E-state index contributed by atoms with van der Waals surface area (Å²) >= 11 is 0.601. The average Bonchev–Trinajstić information content (AvgIpc) is 3.50. The van der Waals surface area contributed by atoms with E-state index in [1.807, 2.05) is 0 Å². The molecule has 192 valence electrons. The van der Waals surface area contributed by atoms with Crippen LogP contribution in [0.1, 0.15) is 51.9 Å². The SMILES string of the molecule is NC(=O)c1sc2nc(C(F)(F)F)cc(-c3ccccc3)c2c1NC(=O)Cn1nc(C2CC2)cc1C(F)F. The van der Waals surface area contributed by atoms with Crippen LogP contribution in [0.5, 0.6) is 0 Å². The average molecular weight is 535 g/mol. The molecule has 7 nitrogen and oxygen atoms in total. The maximum absolute atomic E-state index is 13.6. The van der Waals surface area contributed by atoms with E-state index in [4.69, 9.17) is 5.73 Å². The van der Waals surface area contributed by atoms with E-state index < -0.39 is 42.3 Å². The van der Waals surface area contributed by atoms with Gasteiger partial charge >= 0.3 is 6.18 Å². The van der Waals surface area contributed by atoms with Gasteiger partial charge in [-0.2, -0.15) is 18.3 Å². The van der Waals surface area contributed by atoms with Gasteiger partial charge in [-0.25, -0.2) is 13.8 Å². The summed E-state index contributed by atoms with van der Waals surface area (Å²) < 4.78 is 68.8. The summed E-state index contributed by atoms with van der Waals surface area (Å²) in [4.78, 5) is 28.5. The van der Waals surface area contributed by atoms with Crippen LogP contribution in [0.4, 0.5) is 27.6 Å². The van der Waals surface area contributed by atoms with Crippen molar-refractivity contribution in [1.82, 2.24) is 14.8 Å². The number of anilines is 1. The predicted octanol–water partition coefficient (Wildman–Crippen LogP) is 5.73. The third-order valence-corrected chi connectivity index (χ3v) is 6.97. The lowest BCUT2D eigenvalue weighted by atomic mass is 10.0. The summed E-state index contributed by atoms with van der Waals surface area (Å²) in [6.07, 6.45) is -6.00. The van der Waals surface area contributed by atoms with Crippen molar-refractivity contribution in [1.29, 1.82) is 0 Å². The number of nitrogens with zero attached hydrogens (tertiary/aromatic N) is 3. The highest BCUT2D eigenvalue weighted by Gasteiger charge is 2.35. The molecule has 5 rings (SSSR count). The van der Waals surface area contributed by atoms with Crippen LogP contribution in [0, 0.1) is 0 Å². The van der Waals surface area contributed by atoms with Crippen molar-refractivity contribution in [3.05, 3.63) is 64.4 Å². The molecule has 0 radical (unpaired) electrons. The summed E-state index contributed by atoms with van der Waals surface area (Å²) in [7, 11) is 0. The highest BCUT2D eigenvalue weighted by Crippen LogP contribution is 2.44. The minimum absolute atomic E-state index is 0.0698. The number of primary amides is 1. The molecule has 37 heavy (non-hydrogen) atoms. The number of pyridine rings is 1. The third kappa shape index (κ3) is 4.90. The number of thiophene rings is 1. The van der Waals surface area contributed by atoms with Gasteiger partial charge in [0.05, 0.1) is 11.4 Å². The number of benzene rings is 1. The Kier molecular flexibility index (Phi) is 6.18. The summed E-state index contributed by atoms with van der Waals surface area (Å²) in [5, 5.41) is 6.71. The van der Waals surface area contributed by atoms with Gasteiger partial charge in [-0.3, -0.25) is 14.3 Å². The Balaban J connectivity index is 1.60. The molecule has 13 heteroatoms. The third-order valence-electron chi connectivity index (χ3n) is 5.87. The zero-order valence-corrected chi connectivity index (χ0v) is 19.7. The summed E-state index contributed by atoms with van der Waals surface area (Å²) in [6, 6.07) is 10.2. The Hall–Kier alpha value is -3.87. The lowest BCUT2D eigenvalue weighted by molar-refractivity contribution is -0.140. The molecular weight excluding hydrogens is 517 g/mol. The van der Waals surface area contributed by atoms with Crippen molar-refractivity contribution < 1.29 is 31.5 Å².